The van der Waals surface area contributed by atoms with Crippen molar-refractivity contribution in [2.24, 2.45) is 0 Å². The Balaban J connectivity index is 1.99. The molecular weight excluding hydrogens is 342 g/mol. The van der Waals surface area contributed by atoms with Crippen LogP contribution in [0.3, 0.4) is 0 Å². The zero-order valence-corrected chi connectivity index (χ0v) is 15.9. The van der Waals surface area contributed by atoms with Gasteiger partial charge in [-0.15, -0.1) is 0 Å². The van der Waals surface area contributed by atoms with Gasteiger partial charge in [0.25, 0.3) is 0 Å². The van der Waals surface area contributed by atoms with Crippen LogP contribution in [-0.4, -0.2) is 30.8 Å². The zero-order chi connectivity index (χ0) is 19.0. The van der Waals surface area contributed by atoms with Gasteiger partial charge in [-0.3, -0.25) is 0 Å². The number of carbonyl (C=O) groups is 1. The number of quaternary nitrogens is 1. The van der Waals surface area contributed by atoms with Crippen molar-refractivity contribution in [3.63, 3.8) is 0 Å². The lowest BCUT2D eigenvalue weighted by atomic mass is 9.96. The van der Waals surface area contributed by atoms with E-state index in [2.05, 4.69) is 0 Å². The molecule has 4 rings (SSSR count). The minimum atomic E-state index is -0.390. The number of aromatic hydroxyl groups is 1. The first kappa shape index (κ1) is 17.9. The van der Waals surface area contributed by atoms with Crippen molar-refractivity contribution < 1.29 is 24.0 Å². The number of rotatable bonds is 4. The summed E-state index contributed by atoms with van der Waals surface area (Å²) in [6.07, 6.45) is 3.66. The van der Waals surface area contributed by atoms with Crippen molar-refractivity contribution in [2.75, 3.05) is 19.7 Å². The topological polar surface area (TPSA) is 64.1 Å². The number of furan rings is 1. The second kappa shape index (κ2) is 7.24. The van der Waals surface area contributed by atoms with Crippen LogP contribution in [0.1, 0.15) is 47.9 Å². The number of piperidine rings is 1. The van der Waals surface area contributed by atoms with Crippen LogP contribution in [0.25, 0.3) is 21.7 Å². The highest BCUT2D eigenvalue weighted by Crippen LogP contribution is 2.41. The number of ether oxygens (including phenoxy) is 1. The molecule has 1 fully saturated rings. The molecule has 27 heavy (non-hydrogen) atoms. The smallest absolute Gasteiger partial charge is 0.342 e. The van der Waals surface area contributed by atoms with E-state index < -0.39 is 5.97 Å². The number of benzene rings is 2. The molecular formula is C22H26NO4+. The normalized spacial score (nSPS) is 15.5. The van der Waals surface area contributed by atoms with Gasteiger partial charge in [0, 0.05) is 16.2 Å². The maximum absolute atomic E-state index is 12.7. The second-order valence-corrected chi connectivity index (χ2v) is 7.32. The first-order valence-corrected chi connectivity index (χ1v) is 9.78. The van der Waals surface area contributed by atoms with Crippen molar-refractivity contribution in [1.29, 1.82) is 0 Å². The van der Waals surface area contributed by atoms with Crippen molar-refractivity contribution >= 4 is 27.7 Å². The molecule has 0 radical (unpaired) electrons. The van der Waals surface area contributed by atoms with Gasteiger partial charge in [0.2, 0.25) is 0 Å². The summed E-state index contributed by atoms with van der Waals surface area (Å²) >= 11 is 0. The number of likely N-dealkylation sites (tertiary alicyclic amines) is 1. The molecule has 0 atom stereocenters. The Morgan fingerprint density at radius 2 is 1.89 bits per heavy atom. The van der Waals surface area contributed by atoms with Gasteiger partial charge in [-0.2, -0.15) is 0 Å². The zero-order valence-electron chi connectivity index (χ0n) is 15.9. The average Bonchev–Trinajstić information content (AvgIpc) is 3.03. The summed E-state index contributed by atoms with van der Waals surface area (Å²) in [6, 6.07) is 7.65. The number of esters is 1. The highest BCUT2D eigenvalue weighted by atomic mass is 16.5. The Labute approximate surface area is 158 Å². The van der Waals surface area contributed by atoms with E-state index in [1.54, 1.807) is 13.8 Å². The Bertz CT molecular complexity index is 999. The Morgan fingerprint density at radius 3 is 2.59 bits per heavy atom. The molecule has 0 unspecified atom stereocenters. The fourth-order valence-electron chi connectivity index (χ4n) is 4.29. The molecule has 2 heterocycles. The predicted molar refractivity (Wildman–Crippen MR) is 104 cm³/mol. The van der Waals surface area contributed by atoms with Crippen LogP contribution in [0.2, 0.25) is 0 Å². The molecule has 0 spiro atoms. The maximum atomic E-state index is 12.7. The molecule has 142 valence electrons. The van der Waals surface area contributed by atoms with E-state index >= 15 is 0 Å². The van der Waals surface area contributed by atoms with Crippen molar-refractivity contribution in [2.45, 2.75) is 39.7 Å². The van der Waals surface area contributed by atoms with Crippen LogP contribution in [0, 0.1) is 6.92 Å². The summed E-state index contributed by atoms with van der Waals surface area (Å²) in [5.74, 6) is 0.398. The molecule has 0 aliphatic carbocycles. The highest BCUT2D eigenvalue weighted by molar-refractivity contribution is 6.16. The number of hydrogen-bond acceptors (Lipinski definition) is 4. The van der Waals surface area contributed by atoms with Gasteiger partial charge in [-0.1, -0.05) is 24.3 Å². The summed E-state index contributed by atoms with van der Waals surface area (Å²) in [7, 11) is 0. The van der Waals surface area contributed by atoms with E-state index in [1.165, 1.54) is 24.2 Å². The summed E-state index contributed by atoms with van der Waals surface area (Å²) in [5.41, 5.74) is 1.90. The van der Waals surface area contributed by atoms with E-state index in [0.29, 0.717) is 35.4 Å². The third kappa shape index (κ3) is 3.06. The number of hydrogen-bond donors (Lipinski definition) is 2. The van der Waals surface area contributed by atoms with Crippen LogP contribution in [-0.2, 0) is 11.3 Å². The molecule has 0 amide bonds. The summed E-state index contributed by atoms with van der Waals surface area (Å²) < 4.78 is 11.3. The number of carbonyl (C=O) groups excluding carboxylic acids is 1. The van der Waals surface area contributed by atoms with E-state index in [4.69, 9.17) is 9.15 Å². The molecule has 2 N–H and O–H groups in total. The van der Waals surface area contributed by atoms with Gasteiger partial charge >= 0.3 is 5.97 Å². The standard InChI is InChI=1S/C22H25NO4/c1-3-26-22(25)18-14(2)27-21-16-10-6-5-9-15(16)20(24)17(19(18)21)13-23-11-7-4-8-12-23/h5-6,9-10,24H,3-4,7-8,11-13H2,1-2H3/p+1. The van der Waals surface area contributed by atoms with Gasteiger partial charge in [-0.05, 0) is 33.1 Å². The van der Waals surface area contributed by atoms with Crippen molar-refractivity contribution in [1.82, 2.24) is 0 Å². The Kier molecular flexibility index (Phi) is 4.79. The van der Waals surface area contributed by atoms with E-state index in [1.807, 2.05) is 24.3 Å². The molecule has 2 aromatic carbocycles. The molecule has 0 bridgehead atoms. The van der Waals surface area contributed by atoms with Crippen LogP contribution in [0.4, 0.5) is 0 Å². The average molecular weight is 368 g/mol. The van der Waals surface area contributed by atoms with Gasteiger partial charge in [-0.25, -0.2) is 4.79 Å². The number of nitrogens with one attached hydrogen (secondary N) is 1. The monoisotopic (exact) mass is 368 g/mol. The van der Waals surface area contributed by atoms with Gasteiger partial charge < -0.3 is 19.2 Å². The fourth-order valence-corrected chi connectivity index (χ4v) is 4.29. The molecule has 1 aliphatic heterocycles. The second-order valence-electron chi connectivity index (χ2n) is 7.32. The van der Waals surface area contributed by atoms with E-state index in [0.717, 1.165) is 29.4 Å². The number of fused-ring (bicyclic) bond motifs is 3. The summed E-state index contributed by atoms with van der Waals surface area (Å²) in [6.45, 7) is 6.73. The molecule has 5 nitrogen and oxygen atoms in total. The number of aryl methyl sites for hydroxylation is 1. The fraction of sp³-hybridized carbons (Fsp3) is 0.409. The van der Waals surface area contributed by atoms with Crippen molar-refractivity contribution in [3.8, 4) is 5.75 Å². The van der Waals surface area contributed by atoms with Crippen LogP contribution < -0.4 is 4.90 Å². The molecule has 5 heteroatoms. The van der Waals surface area contributed by atoms with E-state index in [9.17, 15) is 9.90 Å². The molecule has 1 aromatic heterocycles. The predicted octanol–water partition coefficient (Wildman–Crippen LogP) is 3.35. The molecule has 1 aliphatic rings. The maximum Gasteiger partial charge on any atom is 0.342 e. The highest BCUT2D eigenvalue weighted by Gasteiger charge is 2.28. The Morgan fingerprint density at radius 1 is 1.19 bits per heavy atom. The minimum absolute atomic E-state index is 0.252. The molecule has 1 saturated heterocycles. The number of phenolic OH excluding ortho intramolecular Hbond substituents is 1. The van der Waals surface area contributed by atoms with Crippen LogP contribution >= 0.6 is 0 Å². The lowest BCUT2D eigenvalue weighted by molar-refractivity contribution is -0.918. The first-order valence-electron chi connectivity index (χ1n) is 9.78. The van der Waals surface area contributed by atoms with Gasteiger partial charge in [0.05, 0.1) is 25.3 Å². The molecule has 0 saturated carbocycles. The van der Waals surface area contributed by atoms with Crippen LogP contribution in [0.5, 0.6) is 5.75 Å². The first-order chi connectivity index (χ1) is 13.1. The van der Waals surface area contributed by atoms with E-state index in [-0.39, 0.29) is 5.75 Å². The van der Waals surface area contributed by atoms with Crippen molar-refractivity contribution in [3.05, 3.63) is 41.2 Å². The third-order valence-electron chi connectivity index (χ3n) is 5.57. The summed E-state index contributed by atoms with van der Waals surface area (Å²) in [4.78, 5) is 14.1. The molecule has 3 aromatic rings. The quantitative estimate of drug-likeness (QED) is 0.693. The number of phenols is 1. The SMILES string of the molecule is CCOC(=O)c1c(C)oc2c1c(C[NH+]1CCCCC1)c(O)c1ccccc12. The minimum Gasteiger partial charge on any atom is -0.507 e. The summed E-state index contributed by atoms with van der Waals surface area (Å²) in [5, 5.41) is 13.4. The third-order valence-corrected chi connectivity index (χ3v) is 5.57. The van der Waals surface area contributed by atoms with Crippen LogP contribution in [0.15, 0.2) is 28.7 Å². The lowest BCUT2D eigenvalue weighted by Gasteiger charge is -2.24. The Hall–Kier alpha value is -2.53. The van der Waals surface area contributed by atoms with Gasteiger partial charge in [0.1, 0.15) is 29.2 Å². The van der Waals surface area contributed by atoms with Gasteiger partial charge in [0.15, 0.2) is 0 Å². The lowest BCUT2D eigenvalue weighted by Crippen LogP contribution is -3.11. The largest absolute Gasteiger partial charge is 0.507 e.